The lowest BCUT2D eigenvalue weighted by Crippen LogP contribution is -2.48. The molecule has 0 atom stereocenters. The monoisotopic (exact) mass is 261 g/mol. The molecular formula is C15H23N3O. The molecule has 0 aliphatic carbocycles. The fraction of sp³-hybridized carbons (Fsp3) is 0.533. The van der Waals surface area contributed by atoms with Crippen LogP contribution in [0.5, 0.6) is 0 Å². The van der Waals surface area contributed by atoms with E-state index < -0.39 is 0 Å². The van der Waals surface area contributed by atoms with Crippen LogP contribution in [-0.2, 0) is 17.8 Å². The van der Waals surface area contributed by atoms with Gasteiger partial charge >= 0.3 is 0 Å². The first-order chi connectivity index (χ1) is 8.96. The van der Waals surface area contributed by atoms with Gasteiger partial charge in [0, 0.05) is 24.3 Å². The van der Waals surface area contributed by atoms with Crippen molar-refractivity contribution in [3.8, 4) is 0 Å². The minimum atomic E-state index is -0.0824. The molecule has 0 saturated carbocycles. The van der Waals surface area contributed by atoms with Crippen molar-refractivity contribution >= 4 is 11.6 Å². The summed E-state index contributed by atoms with van der Waals surface area (Å²) in [6.07, 6.45) is 0.521. The number of fused-ring (bicyclic) bond motifs is 1. The number of rotatable bonds is 5. The molecule has 104 valence electrons. The molecule has 0 radical (unpaired) electrons. The molecule has 19 heavy (non-hydrogen) atoms. The normalized spacial score (nSPS) is 14.9. The summed E-state index contributed by atoms with van der Waals surface area (Å²) in [4.78, 5) is 14.1. The van der Waals surface area contributed by atoms with E-state index >= 15 is 0 Å². The first-order valence-corrected chi connectivity index (χ1v) is 6.72. The van der Waals surface area contributed by atoms with Crippen LogP contribution in [0.3, 0.4) is 0 Å². The van der Waals surface area contributed by atoms with Gasteiger partial charge in [-0.3, -0.25) is 4.79 Å². The Kier molecular flexibility index (Phi) is 3.92. The van der Waals surface area contributed by atoms with Crippen molar-refractivity contribution in [3.63, 3.8) is 0 Å². The zero-order valence-corrected chi connectivity index (χ0v) is 12.2. The summed E-state index contributed by atoms with van der Waals surface area (Å²) < 4.78 is 0. The van der Waals surface area contributed by atoms with E-state index in [1.807, 2.05) is 19.0 Å². The maximum Gasteiger partial charge on any atom is 0.231 e. The topological polar surface area (TPSA) is 44.4 Å². The number of amides is 1. The molecule has 0 unspecified atom stereocenters. The molecule has 0 aromatic heterocycles. The van der Waals surface area contributed by atoms with Gasteiger partial charge in [-0.25, -0.2) is 0 Å². The Morgan fingerprint density at radius 1 is 1.32 bits per heavy atom. The molecule has 1 aromatic rings. The standard InChI is InChI=1S/C15H23N3O/c1-15(2,17-4)10-18-13-6-5-11(9-16-3)7-12(13)8-14(18)19/h5-7,16-17H,8-10H2,1-4H3. The molecule has 1 heterocycles. The molecule has 4 nitrogen and oxygen atoms in total. The number of nitrogens with one attached hydrogen (secondary N) is 2. The molecule has 1 aromatic carbocycles. The predicted molar refractivity (Wildman–Crippen MR) is 78.4 cm³/mol. The Balaban J connectivity index is 2.24. The second-order valence-electron chi connectivity index (χ2n) is 5.78. The number of carbonyl (C=O) groups is 1. The van der Waals surface area contributed by atoms with Crippen molar-refractivity contribution in [2.45, 2.75) is 32.4 Å². The molecule has 2 rings (SSSR count). The van der Waals surface area contributed by atoms with Gasteiger partial charge in [-0.05, 0) is 45.1 Å². The maximum absolute atomic E-state index is 12.2. The predicted octanol–water partition coefficient (Wildman–Crippen LogP) is 1.29. The Bertz CT molecular complexity index is 482. The lowest BCUT2D eigenvalue weighted by Gasteiger charge is -2.30. The summed E-state index contributed by atoms with van der Waals surface area (Å²) in [5, 5.41) is 6.38. The van der Waals surface area contributed by atoms with E-state index in [4.69, 9.17) is 0 Å². The van der Waals surface area contributed by atoms with E-state index in [1.165, 1.54) is 5.56 Å². The number of anilines is 1. The summed E-state index contributed by atoms with van der Waals surface area (Å²) in [5.74, 6) is 0.194. The van der Waals surface area contributed by atoms with Crippen molar-refractivity contribution in [2.24, 2.45) is 0 Å². The van der Waals surface area contributed by atoms with Crippen LogP contribution >= 0.6 is 0 Å². The van der Waals surface area contributed by atoms with Gasteiger partial charge in [0.2, 0.25) is 5.91 Å². The van der Waals surface area contributed by atoms with Crippen molar-refractivity contribution < 1.29 is 4.79 Å². The van der Waals surface area contributed by atoms with Gasteiger partial charge in [0.05, 0.1) is 6.42 Å². The third-order valence-corrected chi connectivity index (χ3v) is 3.69. The van der Waals surface area contributed by atoms with Gasteiger partial charge in [0.15, 0.2) is 0 Å². The summed E-state index contributed by atoms with van der Waals surface area (Å²) in [6, 6.07) is 6.29. The number of benzene rings is 1. The third-order valence-electron chi connectivity index (χ3n) is 3.69. The van der Waals surface area contributed by atoms with Crippen molar-refractivity contribution in [3.05, 3.63) is 29.3 Å². The smallest absolute Gasteiger partial charge is 0.231 e. The minimum absolute atomic E-state index is 0.0824. The van der Waals surface area contributed by atoms with Gasteiger partial charge in [-0.15, -0.1) is 0 Å². The van der Waals surface area contributed by atoms with E-state index in [9.17, 15) is 4.79 Å². The molecule has 0 saturated heterocycles. The molecule has 0 fully saturated rings. The minimum Gasteiger partial charge on any atom is -0.316 e. The number of carbonyl (C=O) groups excluding carboxylic acids is 1. The molecular weight excluding hydrogens is 238 g/mol. The highest BCUT2D eigenvalue weighted by Gasteiger charge is 2.31. The van der Waals surface area contributed by atoms with Gasteiger partial charge in [0.25, 0.3) is 0 Å². The van der Waals surface area contributed by atoms with Crippen molar-refractivity contribution in [2.75, 3.05) is 25.5 Å². The zero-order valence-electron chi connectivity index (χ0n) is 12.2. The Hall–Kier alpha value is -1.39. The highest BCUT2D eigenvalue weighted by molar-refractivity contribution is 6.01. The number of hydrogen-bond donors (Lipinski definition) is 2. The average molecular weight is 261 g/mol. The molecule has 4 heteroatoms. The van der Waals surface area contributed by atoms with Crippen LogP contribution in [0.15, 0.2) is 18.2 Å². The van der Waals surface area contributed by atoms with E-state index in [0.29, 0.717) is 13.0 Å². The van der Waals surface area contributed by atoms with Crippen LogP contribution in [-0.4, -0.2) is 32.1 Å². The fourth-order valence-corrected chi connectivity index (χ4v) is 2.40. The first-order valence-electron chi connectivity index (χ1n) is 6.72. The van der Waals surface area contributed by atoms with Crippen LogP contribution in [0.25, 0.3) is 0 Å². The lowest BCUT2D eigenvalue weighted by atomic mass is 10.0. The van der Waals surface area contributed by atoms with E-state index in [-0.39, 0.29) is 11.4 Å². The van der Waals surface area contributed by atoms with Crippen LogP contribution in [0.1, 0.15) is 25.0 Å². The average Bonchev–Trinajstić information content (AvgIpc) is 2.65. The Morgan fingerprint density at radius 2 is 2.05 bits per heavy atom. The zero-order chi connectivity index (χ0) is 14.0. The van der Waals surface area contributed by atoms with Crippen molar-refractivity contribution in [1.82, 2.24) is 10.6 Å². The quantitative estimate of drug-likeness (QED) is 0.839. The van der Waals surface area contributed by atoms with E-state index in [1.54, 1.807) is 0 Å². The van der Waals surface area contributed by atoms with Crippen LogP contribution in [0, 0.1) is 0 Å². The van der Waals surface area contributed by atoms with Crippen LogP contribution < -0.4 is 15.5 Å². The Labute approximate surface area is 115 Å². The highest BCUT2D eigenvalue weighted by Crippen LogP contribution is 2.30. The number of likely N-dealkylation sites (N-methyl/N-ethyl adjacent to an activating group) is 1. The summed E-state index contributed by atoms with van der Waals surface area (Å²) >= 11 is 0. The third kappa shape index (κ3) is 2.96. The lowest BCUT2D eigenvalue weighted by molar-refractivity contribution is -0.117. The second-order valence-corrected chi connectivity index (χ2v) is 5.78. The number of nitrogens with zero attached hydrogens (tertiary/aromatic N) is 1. The summed E-state index contributed by atoms with van der Waals surface area (Å²) in [5.41, 5.74) is 3.35. The van der Waals surface area contributed by atoms with Gasteiger partial charge < -0.3 is 15.5 Å². The van der Waals surface area contributed by atoms with Gasteiger partial charge in [-0.2, -0.15) is 0 Å². The second kappa shape index (κ2) is 5.31. The molecule has 0 spiro atoms. The molecule has 0 bridgehead atoms. The largest absolute Gasteiger partial charge is 0.316 e. The molecule has 2 N–H and O–H groups in total. The molecule has 1 aliphatic heterocycles. The van der Waals surface area contributed by atoms with Crippen molar-refractivity contribution in [1.29, 1.82) is 0 Å². The van der Waals surface area contributed by atoms with Gasteiger partial charge in [-0.1, -0.05) is 12.1 Å². The van der Waals surface area contributed by atoms with Crippen LogP contribution in [0.2, 0.25) is 0 Å². The molecule has 1 aliphatic rings. The number of hydrogen-bond acceptors (Lipinski definition) is 3. The first kappa shape index (κ1) is 14.0. The van der Waals surface area contributed by atoms with Crippen LogP contribution in [0.4, 0.5) is 5.69 Å². The van der Waals surface area contributed by atoms with Gasteiger partial charge in [0.1, 0.15) is 0 Å². The molecule has 1 amide bonds. The van der Waals surface area contributed by atoms with E-state index in [0.717, 1.165) is 17.8 Å². The fourth-order valence-electron chi connectivity index (χ4n) is 2.40. The maximum atomic E-state index is 12.2. The summed E-state index contributed by atoms with van der Waals surface area (Å²) in [6.45, 7) is 5.74. The highest BCUT2D eigenvalue weighted by atomic mass is 16.2. The summed E-state index contributed by atoms with van der Waals surface area (Å²) in [7, 11) is 3.86. The Morgan fingerprint density at radius 3 is 2.68 bits per heavy atom. The van der Waals surface area contributed by atoms with E-state index in [2.05, 4.69) is 42.7 Å². The SMILES string of the molecule is CNCc1ccc2c(c1)CC(=O)N2CC(C)(C)NC.